The van der Waals surface area contributed by atoms with Gasteiger partial charge in [-0.15, -0.1) is 0 Å². The number of hydrogen-bond acceptors (Lipinski definition) is 4. The molecule has 0 bridgehead atoms. The monoisotopic (exact) mass is 599 g/mol. The maximum absolute atomic E-state index is 12.7. The molecule has 42 heavy (non-hydrogen) atoms. The fraction of sp³-hybridized carbons (Fsp3) is 0.611. The molecule has 0 aliphatic carbocycles. The molecule has 0 unspecified atom stereocenters. The van der Waals surface area contributed by atoms with Crippen molar-refractivity contribution >= 4 is 18.4 Å². The Hall–Kier alpha value is -2.07. The Bertz CT molecular complexity index is 1080. The van der Waals surface area contributed by atoms with Gasteiger partial charge in [0.2, 0.25) is 11.0 Å². The van der Waals surface area contributed by atoms with Gasteiger partial charge < -0.3 is 13.9 Å². The number of carbonyl (C=O) groups is 2. The minimum Gasteiger partial charge on any atom is -0.788 e. The second-order valence-electron chi connectivity index (χ2n) is 12.4. The summed E-state index contributed by atoms with van der Waals surface area (Å²) in [6.45, 7) is 25.5. The molecule has 5 nitrogen and oxygen atoms in total. The second kappa shape index (κ2) is 17.9. The quantitative estimate of drug-likeness (QED) is 0.142. The number of rotatable bonds is 16. The first-order valence-corrected chi connectivity index (χ1v) is 17.7. The highest BCUT2D eigenvalue weighted by Gasteiger charge is 2.33. The van der Waals surface area contributed by atoms with Gasteiger partial charge in [0.05, 0.1) is 26.2 Å². The van der Waals surface area contributed by atoms with Crippen LogP contribution in [0.5, 0.6) is 0 Å². The lowest BCUT2D eigenvalue weighted by Crippen LogP contribution is -2.50. The summed E-state index contributed by atoms with van der Waals surface area (Å²) < 4.78 is 14.2. The zero-order valence-electron chi connectivity index (χ0n) is 28.3. The number of unbranched alkanes of at least 4 members (excludes halogenated alkanes) is 4. The van der Waals surface area contributed by atoms with E-state index in [1.165, 1.54) is 82.0 Å². The molecule has 0 aliphatic rings. The molecule has 0 atom stereocenters. The predicted octanol–water partition coefficient (Wildman–Crippen LogP) is 9.16. The van der Waals surface area contributed by atoms with Crippen LogP contribution in [0.2, 0.25) is 0 Å². The summed E-state index contributed by atoms with van der Waals surface area (Å²) in [5.74, 6) is 0. The molecule has 0 saturated carbocycles. The molecule has 2 aromatic carbocycles. The molecular formula is C36H58NO4P. The Morgan fingerprint density at radius 2 is 0.810 bits per heavy atom. The molecule has 0 radical (unpaired) electrons. The summed E-state index contributed by atoms with van der Waals surface area (Å²) in [7, 11) is -4.98. The van der Waals surface area contributed by atoms with Gasteiger partial charge in [0.1, 0.15) is 0 Å². The van der Waals surface area contributed by atoms with Crippen LogP contribution in [0.25, 0.3) is 0 Å². The summed E-state index contributed by atoms with van der Waals surface area (Å²) in [6.07, 6.45) is 11.1. The van der Waals surface area contributed by atoms with Crippen LogP contribution in [-0.4, -0.2) is 41.7 Å². The average molecular weight is 600 g/mol. The normalized spacial score (nSPS) is 11.7. The Balaban J connectivity index is 0.000000456. The Kier molecular flexibility index (Phi) is 16.2. The summed E-state index contributed by atoms with van der Waals surface area (Å²) >= 11 is 0. The van der Waals surface area contributed by atoms with Gasteiger partial charge in [-0.05, 0) is 89.5 Å². The van der Waals surface area contributed by atoms with E-state index in [1.54, 1.807) is 52.0 Å². The minimum atomic E-state index is -4.98. The molecule has 0 amide bonds. The smallest absolute Gasteiger partial charge is 0.215 e. The van der Waals surface area contributed by atoms with E-state index in [0.717, 1.165) is 11.1 Å². The van der Waals surface area contributed by atoms with Gasteiger partial charge in [-0.1, -0.05) is 88.8 Å². The van der Waals surface area contributed by atoms with Gasteiger partial charge in [-0.3, -0.25) is 9.59 Å². The van der Waals surface area contributed by atoms with E-state index in [-0.39, 0.29) is 11.1 Å². The van der Waals surface area contributed by atoms with E-state index in [0.29, 0.717) is 22.3 Å². The van der Waals surface area contributed by atoms with E-state index in [4.69, 9.17) is 0 Å². The maximum atomic E-state index is 12.7. The number of carbonyl (C=O) groups excluding carboxylic acids is 2. The lowest BCUT2D eigenvalue weighted by Gasteiger charge is -2.39. The molecular weight excluding hydrogens is 541 g/mol. The third kappa shape index (κ3) is 10.6. The van der Waals surface area contributed by atoms with Gasteiger partial charge in [-0.2, -0.15) is 0 Å². The van der Waals surface area contributed by atoms with Crippen molar-refractivity contribution in [3.05, 3.63) is 68.8 Å². The van der Waals surface area contributed by atoms with Gasteiger partial charge in [-0.25, -0.2) is 0 Å². The molecule has 2 aromatic rings. The molecule has 6 heteroatoms. The number of nitrogens with zero attached hydrogens (tertiary/aromatic N) is 1. The highest BCUT2D eigenvalue weighted by molar-refractivity contribution is 7.89. The third-order valence-corrected chi connectivity index (χ3v) is 9.78. The first-order chi connectivity index (χ1) is 19.7. The SMILES string of the molecule is CCCC[N+](CCCC)(CCCC)CCCC.Cc1cc(C)c(C(=O)P(=O)([O-])C(=O)c2c(C)cc(C)cc2C)c(C)c1. The third-order valence-electron chi connectivity index (χ3n) is 8.26. The molecule has 236 valence electrons. The van der Waals surface area contributed by atoms with Crippen LogP contribution in [0.1, 0.15) is 133 Å². The zero-order valence-corrected chi connectivity index (χ0v) is 29.2. The number of hydrogen-bond donors (Lipinski definition) is 0. The summed E-state index contributed by atoms with van der Waals surface area (Å²) in [4.78, 5) is 38.2. The topological polar surface area (TPSA) is 74.3 Å². The van der Waals surface area contributed by atoms with Crippen LogP contribution in [0, 0.1) is 41.5 Å². The summed E-state index contributed by atoms with van der Waals surface area (Å²) in [5.41, 5.74) is 2.09. The molecule has 0 saturated heterocycles. The number of benzene rings is 2. The predicted molar refractivity (Wildman–Crippen MR) is 177 cm³/mol. The number of quaternary nitrogens is 1. The van der Waals surface area contributed by atoms with E-state index in [1.807, 2.05) is 13.8 Å². The van der Waals surface area contributed by atoms with Crippen LogP contribution >= 0.6 is 7.37 Å². The van der Waals surface area contributed by atoms with Crippen LogP contribution < -0.4 is 4.89 Å². The molecule has 2 rings (SSSR count). The second-order valence-corrected chi connectivity index (χ2v) is 14.3. The van der Waals surface area contributed by atoms with Crippen molar-refractivity contribution in [2.45, 2.75) is 121 Å². The fourth-order valence-electron chi connectivity index (χ4n) is 6.07. The van der Waals surface area contributed by atoms with Crippen molar-refractivity contribution in [3.8, 4) is 0 Å². The van der Waals surface area contributed by atoms with Crippen LogP contribution in [0.15, 0.2) is 24.3 Å². The van der Waals surface area contributed by atoms with Gasteiger partial charge in [0, 0.05) is 11.1 Å². The standard InChI is InChI=1S/C20H23O4P.C16H36N/c1-11-7-13(3)17(14(4)8-11)19(21)25(23,24)20(22)18-15(5)9-12(2)10-16(18)6;1-5-9-13-17(14-10-6-2,15-11-7-3)16-12-8-4/h7-10H,1-6H3,(H,23,24);5-16H2,1-4H3/q;+1/p-1. The van der Waals surface area contributed by atoms with Crippen molar-refractivity contribution in [2.24, 2.45) is 0 Å². The van der Waals surface area contributed by atoms with Crippen LogP contribution in [-0.2, 0) is 4.57 Å². The van der Waals surface area contributed by atoms with Gasteiger partial charge >= 0.3 is 0 Å². The van der Waals surface area contributed by atoms with E-state index >= 15 is 0 Å². The molecule has 0 spiro atoms. The largest absolute Gasteiger partial charge is 0.788 e. The minimum absolute atomic E-state index is 0.0969. The van der Waals surface area contributed by atoms with Crippen LogP contribution in [0.4, 0.5) is 0 Å². The molecule has 0 N–H and O–H groups in total. The van der Waals surface area contributed by atoms with Crippen LogP contribution in [0.3, 0.4) is 0 Å². The van der Waals surface area contributed by atoms with Crippen molar-refractivity contribution in [1.29, 1.82) is 0 Å². The van der Waals surface area contributed by atoms with Gasteiger partial charge in [0.15, 0.2) is 7.37 Å². The molecule has 0 heterocycles. The first kappa shape index (κ1) is 38.0. The summed E-state index contributed by atoms with van der Waals surface area (Å²) in [5, 5.41) is 0. The first-order valence-electron chi connectivity index (χ1n) is 16.1. The Morgan fingerprint density at radius 1 is 0.571 bits per heavy atom. The number of aryl methyl sites for hydroxylation is 6. The Morgan fingerprint density at radius 3 is 1.02 bits per heavy atom. The van der Waals surface area contributed by atoms with Gasteiger partial charge in [0.25, 0.3) is 0 Å². The van der Waals surface area contributed by atoms with E-state index in [9.17, 15) is 19.0 Å². The summed E-state index contributed by atoms with van der Waals surface area (Å²) in [6, 6.07) is 6.97. The molecule has 0 fully saturated rings. The maximum Gasteiger partial charge on any atom is 0.215 e. The lowest BCUT2D eigenvalue weighted by molar-refractivity contribution is -0.929. The highest BCUT2D eigenvalue weighted by Crippen LogP contribution is 2.46. The molecule has 0 aliphatic heterocycles. The van der Waals surface area contributed by atoms with Crippen molar-refractivity contribution in [1.82, 2.24) is 0 Å². The highest BCUT2D eigenvalue weighted by atomic mass is 31.2. The van der Waals surface area contributed by atoms with Crippen molar-refractivity contribution < 1.29 is 23.5 Å². The Labute approximate surface area is 257 Å². The fourth-order valence-corrected chi connectivity index (χ4v) is 7.54. The van der Waals surface area contributed by atoms with E-state index in [2.05, 4.69) is 27.7 Å². The zero-order chi connectivity index (χ0) is 32.1. The van der Waals surface area contributed by atoms with Crippen molar-refractivity contribution in [2.75, 3.05) is 26.2 Å². The van der Waals surface area contributed by atoms with E-state index < -0.39 is 18.4 Å². The lowest BCUT2D eigenvalue weighted by atomic mass is 10.0. The average Bonchev–Trinajstić information content (AvgIpc) is 2.91. The molecule has 0 aromatic heterocycles. The van der Waals surface area contributed by atoms with Crippen molar-refractivity contribution in [3.63, 3.8) is 0 Å².